The van der Waals surface area contributed by atoms with E-state index in [4.69, 9.17) is 0 Å². The SMILES string of the molecule is CC(C)NCCCC(=O)NCCCN(C)C(C)C. The standard InChI is InChI=1S/C14H31N3O/c1-12(2)15-9-6-8-14(18)16-10-7-11-17(5)13(3)4/h12-13,15H,6-11H2,1-5H3,(H,16,18). The van der Waals surface area contributed by atoms with E-state index in [1.165, 1.54) is 0 Å². The van der Waals surface area contributed by atoms with Crippen LogP contribution >= 0.6 is 0 Å². The number of nitrogens with one attached hydrogen (secondary N) is 2. The fraction of sp³-hybridized carbons (Fsp3) is 0.929. The van der Waals surface area contributed by atoms with Crippen molar-refractivity contribution in [2.24, 2.45) is 0 Å². The number of carbonyl (C=O) groups is 1. The first kappa shape index (κ1) is 17.4. The van der Waals surface area contributed by atoms with E-state index >= 15 is 0 Å². The Morgan fingerprint density at radius 2 is 1.78 bits per heavy atom. The summed E-state index contributed by atoms with van der Waals surface area (Å²) in [6.45, 7) is 11.3. The molecule has 0 aromatic carbocycles. The molecule has 0 heterocycles. The zero-order valence-corrected chi connectivity index (χ0v) is 12.8. The van der Waals surface area contributed by atoms with Crippen molar-refractivity contribution >= 4 is 5.91 Å². The molecule has 0 fully saturated rings. The molecule has 0 aliphatic carbocycles. The monoisotopic (exact) mass is 257 g/mol. The van der Waals surface area contributed by atoms with Crippen LogP contribution in [-0.4, -0.2) is 49.6 Å². The van der Waals surface area contributed by atoms with E-state index in [-0.39, 0.29) is 5.91 Å². The third-order valence-electron chi connectivity index (χ3n) is 3.02. The molecule has 4 nitrogen and oxygen atoms in total. The van der Waals surface area contributed by atoms with Crippen molar-refractivity contribution in [2.45, 2.75) is 59.0 Å². The first-order chi connectivity index (χ1) is 8.43. The Morgan fingerprint density at radius 3 is 2.33 bits per heavy atom. The van der Waals surface area contributed by atoms with Crippen LogP contribution in [0.1, 0.15) is 47.0 Å². The van der Waals surface area contributed by atoms with Gasteiger partial charge in [-0.25, -0.2) is 0 Å². The predicted octanol–water partition coefficient (Wildman–Crippen LogP) is 1.61. The van der Waals surface area contributed by atoms with Crippen molar-refractivity contribution in [2.75, 3.05) is 26.7 Å². The molecule has 0 saturated heterocycles. The molecule has 0 atom stereocenters. The summed E-state index contributed by atoms with van der Waals surface area (Å²) in [4.78, 5) is 13.8. The van der Waals surface area contributed by atoms with Gasteiger partial charge in [-0.2, -0.15) is 0 Å². The average molecular weight is 257 g/mol. The Hall–Kier alpha value is -0.610. The van der Waals surface area contributed by atoms with E-state index < -0.39 is 0 Å². The lowest BCUT2D eigenvalue weighted by atomic mass is 10.2. The van der Waals surface area contributed by atoms with E-state index in [2.05, 4.69) is 50.3 Å². The van der Waals surface area contributed by atoms with Crippen molar-refractivity contribution in [3.05, 3.63) is 0 Å². The van der Waals surface area contributed by atoms with Gasteiger partial charge in [-0.15, -0.1) is 0 Å². The van der Waals surface area contributed by atoms with Crippen LogP contribution in [0.5, 0.6) is 0 Å². The molecule has 0 aromatic heterocycles. The lowest BCUT2D eigenvalue weighted by Gasteiger charge is -2.20. The topological polar surface area (TPSA) is 44.4 Å². The quantitative estimate of drug-likeness (QED) is 0.584. The van der Waals surface area contributed by atoms with Crippen LogP contribution < -0.4 is 10.6 Å². The second kappa shape index (κ2) is 10.3. The largest absolute Gasteiger partial charge is 0.356 e. The molecule has 0 aromatic rings. The number of nitrogens with zero attached hydrogens (tertiary/aromatic N) is 1. The lowest BCUT2D eigenvalue weighted by molar-refractivity contribution is -0.121. The molecule has 0 spiro atoms. The van der Waals surface area contributed by atoms with E-state index in [9.17, 15) is 4.79 Å². The van der Waals surface area contributed by atoms with Crippen molar-refractivity contribution in [3.8, 4) is 0 Å². The Kier molecular flexibility index (Phi) is 9.98. The second-order valence-corrected chi connectivity index (χ2v) is 5.49. The molecular formula is C14H31N3O. The summed E-state index contributed by atoms with van der Waals surface area (Å²) < 4.78 is 0. The van der Waals surface area contributed by atoms with Crippen LogP contribution in [0.25, 0.3) is 0 Å². The molecule has 0 bridgehead atoms. The van der Waals surface area contributed by atoms with Crippen LogP contribution in [0, 0.1) is 0 Å². The summed E-state index contributed by atoms with van der Waals surface area (Å²) in [6, 6.07) is 1.07. The average Bonchev–Trinajstić information content (AvgIpc) is 2.29. The van der Waals surface area contributed by atoms with E-state index in [1.54, 1.807) is 0 Å². The summed E-state index contributed by atoms with van der Waals surface area (Å²) in [5.74, 6) is 0.174. The number of rotatable bonds is 10. The van der Waals surface area contributed by atoms with Crippen LogP contribution in [0.3, 0.4) is 0 Å². The molecule has 0 aliphatic heterocycles. The Balaban J connectivity index is 3.37. The van der Waals surface area contributed by atoms with Gasteiger partial charge in [0, 0.05) is 25.0 Å². The first-order valence-corrected chi connectivity index (χ1v) is 7.13. The molecule has 0 radical (unpaired) electrons. The summed E-state index contributed by atoms with van der Waals surface area (Å²) in [5.41, 5.74) is 0. The van der Waals surface area contributed by atoms with Gasteiger partial charge in [-0.1, -0.05) is 13.8 Å². The predicted molar refractivity (Wildman–Crippen MR) is 77.8 cm³/mol. The minimum absolute atomic E-state index is 0.174. The molecule has 108 valence electrons. The van der Waals surface area contributed by atoms with Gasteiger partial charge in [0.25, 0.3) is 0 Å². The summed E-state index contributed by atoms with van der Waals surface area (Å²) in [6.07, 6.45) is 2.56. The van der Waals surface area contributed by atoms with Crippen molar-refractivity contribution in [3.63, 3.8) is 0 Å². The summed E-state index contributed by atoms with van der Waals surface area (Å²) in [5, 5.41) is 6.28. The zero-order valence-electron chi connectivity index (χ0n) is 12.8. The Labute approximate surface area is 113 Å². The Morgan fingerprint density at radius 1 is 1.11 bits per heavy atom. The third-order valence-corrected chi connectivity index (χ3v) is 3.02. The second-order valence-electron chi connectivity index (χ2n) is 5.49. The van der Waals surface area contributed by atoms with Crippen molar-refractivity contribution < 1.29 is 4.79 Å². The molecule has 1 amide bonds. The number of hydrogen-bond acceptors (Lipinski definition) is 3. The van der Waals surface area contributed by atoms with Gasteiger partial charge in [-0.05, 0) is 46.8 Å². The van der Waals surface area contributed by atoms with E-state index in [1.807, 2.05) is 0 Å². The van der Waals surface area contributed by atoms with Crippen molar-refractivity contribution in [1.29, 1.82) is 0 Å². The van der Waals surface area contributed by atoms with Gasteiger partial charge in [-0.3, -0.25) is 4.79 Å². The lowest BCUT2D eigenvalue weighted by Crippen LogP contribution is -2.31. The van der Waals surface area contributed by atoms with E-state index in [0.717, 1.165) is 32.5 Å². The van der Waals surface area contributed by atoms with Gasteiger partial charge in [0.15, 0.2) is 0 Å². The van der Waals surface area contributed by atoms with E-state index in [0.29, 0.717) is 18.5 Å². The smallest absolute Gasteiger partial charge is 0.220 e. The van der Waals surface area contributed by atoms with Crippen LogP contribution in [0.4, 0.5) is 0 Å². The van der Waals surface area contributed by atoms with Crippen LogP contribution in [0.15, 0.2) is 0 Å². The zero-order chi connectivity index (χ0) is 14.0. The molecule has 18 heavy (non-hydrogen) atoms. The summed E-state index contributed by atoms with van der Waals surface area (Å²) in [7, 11) is 2.12. The van der Waals surface area contributed by atoms with Gasteiger partial charge in [0.2, 0.25) is 5.91 Å². The third kappa shape index (κ3) is 10.5. The van der Waals surface area contributed by atoms with Gasteiger partial charge < -0.3 is 15.5 Å². The van der Waals surface area contributed by atoms with Gasteiger partial charge in [0.05, 0.1) is 0 Å². The number of hydrogen-bond donors (Lipinski definition) is 2. The van der Waals surface area contributed by atoms with Gasteiger partial charge in [0.1, 0.15) is 0 Å². The fourth-order valence-electron chi connectivity index (χ4n) is 1.54. The molecule has 0 aliphatic rings. The first-order valence-electron chi connectivity index (χ1n) is 7.13. The fourth-order valence-corrected chi connectivity index (χ4v) is 1.54. The number of carbonyl (C=O) groups excluding carboxylic acids is 1. The highest BCUT2D eigenvalue weighted by Crippen LogP contribution is 1.94. The highest BCUT2D eigenvalue weighted by atomic mass is 16.1. The molecular weight excluding hydrogens is 226 g/mol. The summed E-state index contributed by atoms with van der Waals surface area (Å²) >= 11 is 0. The highest BCUT2D eigenvalue weighted by molar-refractivity contribution is 5.75. The maximum Gasteiger partial charge on any atom is 0.220 e. The maximum atomic E-state index is 11.5. The minimum Gasteiger partial charge on any atom is -0.356 e. The van der Waals surface area contributed by atoms with Crippen LogP contribution in [0.2, 0.25) is 0 Å². The molecule has 0 unspecified atom stereocenters. The van der Waals surface area contributed by atoms with Crippen LogP contribution in [-0.2, 0) is 4.79 Å². The number of amides is 1. The normalized spacial score (nSPS) is 11.6. The maximum absolute atomic E-state index is 11.5. The minimum atomic E-state index is 0.174. The highest BCUT2D eigenvalue weighted by Gasteiger charge is 2.03. The van der Waals surface area contributed by atoms with Crippen molar-refractivity contribution in [1.82, 2.24) is 15.5 Å². The molecule has 4 heteroatoms. The Bertz CT molecular complexity index is 217. The molecule has 2 N–H and O–H groups in total. The molecule has 0 saturated carbocycles. The molecule has 0 rings (SSSR count). The van der Waals surface area contributed by atoms with Gasteiger partial charge >= 0.3 is 0 Å².